The van der Waals surface area contributed by atoms with Crippen molar-refractivity contribution in [1.82, 2.24) is 9.80 Å². The zero-order valence-electron chi connectivity index (χ0n) is 14.4. The Morgan fingerprint density at radius 2 is 1.56 bits per heavy atom. The predicted octanol–water partition coefficient (Wildman–Crippen LogP) is 2.48. The third-order valence-electron chi connectivity index (χ3n) is 3.88. The lowest BCUT2D eigenvalue weighted by Gasteiger charge is -2.28. The van der Waals surface area contributed by atoms with E-state index in [1.807, 2.05) is 0 Å². The maximum Gasteiger partial charge on any atom is 0.244 e. The molecule has 0 heterocycles. The molecule has 2 rings (SSSR count). The van der Waals surface area contributed by atoms with Crippen molar-refractivity contribution in [2.75, 3.05) is 27.7 Å². The Balaban J connectivity index is 2.14. The molecule has 6 heteroatoms. The van der Waals surface area contributed by atoms with E-state index in [1.54, 1.807) is 38.2 Å². The monoisotopic (exact) mass is 344 g/mol. The maximum absolute atomic E-state index is 13.1. The van der Waals surface area contributed by atoms with E-state index in [-0.39, 0.29) is 29.8 Å². The van der Waals surface area contributed by atoms with E-state index in [0.717, 1.165) is 0 Å². The number of likely N-dealkylation sites (N-methyl/N-ethyl adjacent to an activating group) is 2. The van der Waals surface area contributed by atoms with Gasteiger partial charge in [0.1, 0.15) is 17.6 Å². The van der Waals surface area contributed by atoms with Crippen LogP contribution in [0.3, 0.4) is 0 Å². The molecule has 2 aromatic carbocycles. The molecule has 1 N–H and O–H groups in total. The Labute approximate surface area is 146 Å². The van der Waals surface area contributed by atoms with Crippen molar-refractivity contribution < 1.29 is 19.1 Å². The molecule has 0 fully saturated rings. The second-order valence-electron chi connectivity index (χ2n) is 6.08. The molecule has 0 aliphatic heterocycles. The molecule has 1 atom stereocenters. The molecule has 0 aliphatic carbocycles. The molecule has 1 amide bonds. The number of carbonyl (C=O) groups is 2. The maximum atomic E-state index is 13.1. The van der Waals surface area contributed by atoms with Gasteiger partial charge < -0.3 is 10.0 Å². The molecule has 0 bridgehead atoms. The second kappa shape index (κ2) is 7.90. The Bertz CT molecular complexity index is 742. The van der Waals surface area contributed by atoms with Gasteiger partial charge in [-0.3, -0.25) is 14.5 Å². The summed E-state index contributed by atoms with van der Waals surface area (Å²) >= 11 is 0. The van der Waals surface area contributed by atoms with Gasteiger partial charge in [-0.1, -0.05) is 12.1 Å². The number of phenolic OH excluding ortho intramolecular Hbond substituents is 1. The third kappa shape index (κ3) is 4.64. The minimum Gasteiger partial charge on any atom is -0.508 e. The number of hydrogen-bond donors (Lipinski definition) is 1. The summed E-state index contributed by atoms with van der Waals surface area (Å²) in [5, 5.41) is 9.28. The number of rotatable bonds is 6. The zero-order valence-corrected chi connectivity index (χ0v) is 14.4. The van der Waals surface area contributed by atoms with E-state index < -0.39 is 6.04 Å². The van der Waals surface area contributed by atoms with Gasteiger partial charge in [0.25, 0.3) is 0 Å². The lowest BCUT2D eigenvalue weighted by molar-refractivity contribution is -0.134. The first kappa shape index (κ1) is 18.6. The fraction of sp³-hybridized carbons (Fsp3) is 0.263. The Morgan fingerprint density at radius 1 is 1.00 bits per heavy atom. The summed E-state index contributed by atoms with van der Waals surface area (Å²) in [6.45, 7) is -0.0882. The quantitative estimate of drug-likeness (QED) is 0.818. The van der Waals surface area contributed by atoms with Gasteiger partial charge in [0.2, 0.25) is 5.91 Å². The molecule has 0 unspecified atom stereocenters. The average Bonchev–Trinajstić information content (AvgIpc) is 2.57. The van der Waals surface area contributed by atoms with E-state index in [0.29, 0.717) is 11.1 Å². The van der Waals surface area contributed by atoms with E-state index in [4.69, 9.17) is 0 Å². The van der Waals surface area contributed by atoms with E-state index >= 15 is 0 Å². The summed E-state index contributed by atoms with van der Waals surface area (Å²) in [6, 6.07) is 11.0. The number of aromatic hydroxyl groups is 1. The molecule has 0 radical (unpaired) electrons. The molecular weight excluding hydrogens is 323 g/mol. The number of ketones is 1. The van der Waals surface area contributed by atoms with Gasteiger partial charge in [-0.15, -0.1) is 0 Å². The standard InChI is InChI=1S/C19H21FN2O3/c1-21(2)18(14-4-8-15(20)9-5-14)19(25)22(3)12-17(24)13-6-10-16(23)11-7-13/h4-11,18,23H,12H2,1-3H3/t18-/m1/s1. The van der Waals surface area contributed by atoms with Gasteiger partial charge in [-0.2, -0.15) is 0 Å². The smallest absolute Gasteiger partial charge is 0.244 e. The number of Topliss-reactive ketones (excluding diaryl/α,β-unsaturated/α-hetero) is 1. The highest BCUT2D eigenvalue weighted by Gasteiger charge is 2.27. The lowest BCUT2D eigenvalue weighted by Crippen LogP contribution is -2.40. The first-order chi connectivity index (χ1) is 11.8. The largest absolute Gasteiger partial charge is 0.508 e. The van der Waals surface area contributed by atoms with Crippen LogP contribution in [-0.2, 0) is 4.79 Å². The highest BCUT2D eigenvalue weighted by molar-refractivity contribution is 5.99. The van der Waals surface area contributed by atoms with E-state index in [2.05, 4.69) is 0 Å². The zero-order chi connectivity index (χ0) is 18.6. The summed E-state index contributed by atoms with van der Waals surface area (Å²) in [5.74, 6) is -0.786. The van der Waals surface area contributed by atoms with Crippen LogP contribution in [0.15, 0.2) is 48.5 Å². The molecule has 25 heavy (non-hydrogen) atoms. The Morgan fingerprint density at radius 3 is 2.08 bits per heavy atom. The van der Waals surface area contributed by atoms with E-state index in [1.165, 1.54) is 41.3 Å². The van der Waals surface area contributed by atoms with Gasteiger partial charge in [-0.25, -0.2) is 4.39 Å². The highest BCUT2D eigenvalue weighted by atomic mass is 19.1. The van der Waals surface area contributed by atoms with Crippen LogP contribution in [0.4, 0.5) is 4.39 Å². The van der Waals surface area contributed by atoms with Crippen LogP contribution in [0.25, 0.3) is 0 Å². The number of phenols is 1. The fourth-order valence-electron chi connectivity index (χ4n) is 2.55. The summed E-state index contributed by atoms with van der Waals surface area (Å²) in [4.78, 5) is 28.2. The van der Waals surface area contributed by atoms with Gasteiger partial charge in [0.15, 0.2) is 5.78 Å². The molecule has 0 saturated heterocycles. The van der Waals surface area contributed by atoms with Gasteiger partial charge in [-0.05, 0) is 56.1 Å². The number of nitrogens with zero attached hydrogens (tertiary/aromatic N) is 2. The fourth-order valence-corrected chi connectivity index (χ4v) is 2.55. The lowest BCUT2D eigenvalue weighted by atomic mass is 10.0. The number of hydrogen-bond acceptors (Lipinski definition) is 4. The summed E-state index contributed by atoms with van der Waals surface area (Å²) in [6.07, 6.45) is 0. The van der Waals surface area contributed by atoms with Crippen LogP contribution in [0.1, 0.15) is 22.0 Å². The van der Waals surface area contributed by atoms with Crippen molar-refractivity contribution in [1.29, 1.82) is 0 Å². The second-order valence-corrected chi connectivity index (χ2v) is 6.08. The Kier molecular flexibility index (Phi) is 5.88. The first-order valence-electron chi connectivity index (χ1n) is 7.78. The van der Waals surface area contributed by atoms with Crippen molar-refractivity contribution >= 4 is 11.7 Å². The molecular formula is C19H21FN2O3. The van der Waals surface area contributed by atoms with Crippen molar-refractivity contribution in [3.63, 3.8) is 0 Å². The number of halogens is 1. The first-order valence-corrected chi connectivity index (χ1v) is 7.78. The van der Waals surface area contributed by atoms with Gasteiger partial charge >= 0.3 is 0 Å². The van der Waals surface area contributed by atoms with Crippen LogP contribution in [0.2, 0.25) is 0 Å². The summed E-state index contributed by atoms with van der Waals surface area (Å²) in [7, 11) is 5.06. The molecule has 0 aromatic heterocycles. The normalized spacial score (nSPS) is 12.0. The molecule has 132 valence electrons. The predicted molar refractivity (Wildman–Crippen MR) is 92.9 cm³/mol. The van der Waals surface area contributed by atoms with Gasteiger partial charge in [0.05, 0.1) is 6.54 Å². The average molecular weight is 344 g/mol. The third-order valence-corrected chi connectivity index (χ3v) is 3.88. The number of carbonyl (C=O) groups excluding carboxylic acids is 2. The summed E-state index contributed by atoms with van der Waals surface area (Å²) in [5.41, 5.74) is 1.07. The molecule has 2 aromatic rings. The van der Waals surface area contributed by atoms with Gasteiger partial charge in [0, 0.05) is 12.6 Å². The van der Waals surface area contributed by atoms with Crippen LogP contribution in [0, 0.1) is 5.82 Å². The molecule has 0 saturated carbocycles. The SMILES string of the molecule is CN(CC(=O)c1ccc(O)cc1)C(=O)[C@@H](c1ccc(F)cc1)N(C)C. The minimum absolute atomic E-state index is 0.0740. The van der Waals surface area contributed by atoms with Crippen LogP contribution < -0.4 is 0 Å². The molecule has 5 nitrogen and oxygen atoms in total. The van der Waals surface area contributed by atoms with Crippen LogP contribution >= 0.6 is 0 Å². The van der Waals surface area contributed by atoms with Crippen molar-refractivity contribution in [2.24, 2.45) is 0 Å². The van der Waals surface area contributed by atoms with Crippen LogP contribution in [0.5, 0.6) is 5.75 Å². The van der Waals surface area contributed by atoms with Crippen LogP contribution in [-0.4, -0.2) is 54.3 Å². The van der Waals surface area contributed by atoms with Crippen molar-refractivity contribution in [2.45, 2.75) is 6.04 Å². The minimum atomic E-state index is -0.613. The van der Waals surface area contributed by atoms with E-state index in [9.17, 15) is 19.1 Å². The number of amides is 1. The Hall–Kier alpha value is -2.73. The highest BCUT2D eigenvalue weighted by Crippen LogP contribution is 2.21. The molecule has 0 aliphatic rings. The van der Waals surface area contributed by atoms with Crippen molar-refractivity contribution in [3.8, 4) is 5.75 Å². The molecule has 0 spiro atoms. The summed E-state index contributed by atoms with van der Waals surface area (Å²) < 4.78 is 13.1. The number of benzene rings is 2. The van der Waals surface area contributed by atoms with Crippen molar-refractivity contribution in [3.05, 3.63) is 65.5 Å². The topological polar surface area (TPSA) is 60.9 Å².